The summed E-state index contributed by atoms with van der Waals surface area (Å²) in [6.07, 6.45) is 2.18. The molecule has 0 aliphatic carbocycles. The minimum atomic E-state index is 0.837. The first-order valence-corrected chi connectivity index (χ1v) is 8.10. The highest BCUT2D eigenvalue weighted by Crippen LogP contribution is 2.16. The zero-order valence-corrected chi connectivity index (χ0v) is 13.1. The number of anilines is 1. The Labute approximate surface area is 128 Å². The Morgan fingerprint density at radius 1 is 1.14 bits per heavy atom. The molecule has 2 rings (SSSR count). The molecule has 0 saturated carbocycles. The van der Waals surface area contributed by atoms with E-state index in [1.165, 1.54) is 11.3 Å². The van der Waals surface area contributed by atoms with Crippen molar-refractivity contribution in [2.45, 2.75) is 26.3 Å². The average Bonchev–Trinajstić information content (AvgIpc) is 2.55. The van der Waals surface area contributed by atoms with Crippen LogP contribution in [0.1, 0.15) is 25.3 Å². The summed E-state index contributed by atoms with van der Waals surface area (Å²) < 4.78 is 10.8. The highest BCUT2D eigenvalue weighted by atomic mass is 16.5. The number of ether oxygens (including phenoxy) is 2. The van der Waals surface area contributed by atoms with E-state index in [0.29, 0.717) is 0 Å². The summed E-state index contributed by atoms with van der Waals surface area (Å²) in [7, 11) is 0. The molecule has 0 bridgehead atoms. The normalized spacial score (nSPS) is 15.4. The van der Waals surface area contributed by atoms with Crippen molar-refractivity contribution in [3.8, 4) is 0 Å². The number of hydrogen-bond donors (Lipinski definition) is 1. The predicted molar refractivity (Wildman–Crippen MR) is 86.9 cm³/mol. The smallest absolute Gasteiger partial charge is 0.0642 e. The zero-order valence-electron chi connectivity index (χ0n) is 13.1. The molecule has 0 atom stereocenters. The maximum atomic E-state index is 5.46. The van der Waals surface area contributed by atoms with Gasteiger partial charge in [0.15, 0.2) is 0 Å². The largest absolute Gasteiger partial charge is 0.381 e. The van der Waals surface area contributed by atoms with Crippen LogP contribution in [0.25, 0.3) is 0 Å². The minimum absolute atomic E-state index is 0.837. The van der Waals surface area contributed by atoms with E-state index in [0.717, 1.165) is 65.4 Å². The van der Waals surface area contributed by atoms with Crippen LogP contribution in [0.5, 0.6) is 0 Å². The molecule has 0 radical (unpaired) electrons. The molecule has 0 spiro atoms. The van der Waals surface area contributed by atoms with Crippen molar-refractivity contribution in [1.29, 1.82) is 0 Å². The van der Waals surface area contributed by atoms with E-state index in [1.807, 2.05) is 0 Å². The van der Waals surface area contributed by atoms with Crippen molar-refractivity contribution >= 4 is 5.69 Å². The Balaban J connectivity index is 1.63. The van der Waals surface area contributed by atoms with Gasteiger partial charge in [0.2, 0.25) is 0 Å². The summed E-state index contributed by atoms with van der Waals surface area (Å²) in [5.41, 5.74) is 2.64. The number of morpholine rings is 1. The topological polar surface area (TPSA) is 33.7 Å². The second kappa shape index (κ2) is 9.77. The van der Waals surface area contributed by atoms with Gasteiger partial charge >= 0.3 is 0 Å². The van der Waals surface area contributed by atoms with Crippen molar-refractivity contribution in [2.75, 3.05) is 51.0 Å². The Morgan fingerprint density at radius 2 is 1.90 bits per heavy atom. The molecule has 1 fully saturated rings. The molecule has 4 heteroatoms. The first-order valence-electron chi connectivity index (χ1n) is 8.10. The predicted octanol–water partition coefficient (Wildman–Crippen LogP) is 2.43. The van der Waals surface area contributed by atoms with Gasteiger partial charge in [-0.2, -0.15) is 0 Å². The van der Waals surface area contributed by atoms with Crippen molar-refractivity contribution in [3.63, 3.8) is 0 Å². The van der Waals surface area contributed by atoms with Crippen LogP contribution in [-0.2, 0) is 16.0 Å². The molecule has 21 heavy (non-hydrogen) atoms. The number of rotatable bonds is 9. The highest BCUT2D eigenvalue weighted by molar-refractivity contribution is 5.47. The van der Waals surface area contributed by atoms with Crippen LogP contribution in [0.4, 0.5) is 5.69 Å². The number of benzene rings is 1. The third-order valence-electron chi connectivity index (χ3n) is 3.63. The highest BCUT2D eigenvalue weighted by Gasteiger charge is 2.10. The fourth-order valence-electron chi connectivity index (χ4n) is 2.42. The first kappa shape index (κ1) is 16.3. The third-order valence-corrected chi connectivity index (χ3v) is 3.63. The molecule has 1 saturated heterocycles. The van der Waals surface area contributed by atoms with Crippen molar-refractivity contribution < 1.29 is 9.47 Å². The van der Waals surface area contributed by atoms with Gasteiger partial charge in [0.25, 0.3) is 0 Å². The molecule has 1 aliphatic heterocycles. The lowest BCUT2D eigenvalue weighted by Crippen LogP contribution is -2.36. The summed E-state index contributed by atoms with van der Waals surface area (Å²) in [5, 5.41) is 3.46. The molecule has 1 aliphatic rings. The maximum Gasteiger partial charge on any atom is 0.0642 e. The Bertz CT molecular complexity index is 375. The first-order chi connectivity index (χ1) is 10.4. The standard InChI is InChI=1S/C17H28N2O2/c1-2-11-20-12-3-8-18-15-16-4-6-17(7-5-16)19-9-13-21-14-10-19/h4-7,18H,2-3,8-15H2,1H3. The second-order valence-corrected chi connectivity index (χ2v) is 5.41. The van der Waals surface area contributed by atoms with Crippen LogP contribution in [0.3, 0.4) is 0 Å². The van der Waals surface area contributed by atoms with Crippen LogP contribution in [0.15, 0.2) is 24.3 Å². The number of hydrogen-bond acceptors (Lipinski definition) is 4. The minimum Gasteiger partial charge on any atom is -0.381 e. The molecule has 4 nitrogen and oxygen atoms in total. The van der Waals surface area contributed by atoms with Crippen LogP contribution in [0.2, 0.25) is 0 Å². The summed E-state index contributed by atoms with van der Waals surface area (Å²) in [4.78, 5) is 2.38. The molecule has 1 N–H and O–H groups in total. The lowest BCUT2D eigenvalue weighted by Gasteiger charge is -2.28. The fourth-order valence-corrected chi connectivity index (χ4v) is 2.42. The summed E-state index contributed by atoms with van der Waals surface area (Å²) >= 11 is 0. The molecule has 1 heterocycles. The lowest BCUT2D eigenvalue weighted by molar-refractivity contribution is 0.122. The van der Waals surface area contributed by atoms with Gasteiger partial charge in [0, 0.05) is 38.5 Å². The second-order valence-electron chi connectivity index (χ2n) is 5.41. The monoisotopic (exact) mass is 292 g/mol. The van der Waals surface area contributed by atoms with Crippen LogP contribution in [0, 0.1) is 0 Å². The number of nitrogens with one attached hydrogen (secondary N) is 1. The van der Waals surface area contributed by atoms with Gasteiger partial charge in [-0.05, 0) is 37.1 Å². The third kappa shape index (κ3) is 6.04. The van der Waals surface area contributed by atoms with E-state index in [-0.39, 0.29) is 0 Å². The van der Waals surface area contributed by atoms with E-state index in [2.05, 4.69) is 41.4 Å². The molecule has 118 valence electrons. The molecule has 0 aromatic heterocycles. The van der Waals surface area contributed by atoms with Crippen LogP contribution >= 0.6 is 0 Å². The van der Waals surface area contributed by atoms with Crippen molar-refractivity contribution in [3.05, 3.63) is 29.8 Å². The molecule has 0 unspecified atom stereocenters. The van der Waals surface area contributed by atoms with Gasteiger partial charge in [0.05, 0.1) is 13.2 Å². The van der Waals surface area contributed by atoms with Crippen molar-refractivity contribution in [1.82, 2.24) is 5.32 Å². The summed E-state index contributed by atoms with van der Waals surface area (Å²) in [6, 6.07) is 8.86. The average molecular weight is 292 g/mol. The van der Waals surface area contributed by atoms with Crippen molar-refractivity contribution in [2.24, 2.45) is 0 Å². The van der Waals surface area contributed by atoms with E-state index < -0.39 is 0 Å². The summed E-state index contributed by atoms with van der Waals surface area (Å²) in [6.45, 7) is 9.47. The molecule has 1 aromatic rings. The van der Waals surface area contributed by atoms with Gasteiger partial charge < -0.3 is 19.7 Å². The van der Waals surface area contributed by atoms with Gasteiger partial charge in [-0.25, -0.2) is 0 Å². The van der Waals surface area contributed by atoms with Gasteiger partial charge in [0.1, 0.15) is 0 Å². The quantitative estimate of drug-likeness (QED) is 0.709. The molecule has 0 amide bonds. The summed E-state index contributed by atoms with van der Waals surface area (Å²) in [5.74, 6) is 0. The van der Waals surface area contributed by atoms with E-state index in [4.69, 9.17) is 9.47 Å². The SMILES string of the molecule is CCCOCCCNCc1ccc(N2CCOCC2)cc1. The lowest BCUT2D eigenvalue weighted by atomic mass is 10.2. The molecular weight excluding hydrogens is 264 g/mol. The van der Waals surface area contributed by atoms with E-state index >= 15 is 0 Å². The number of nitrogens with zero attached hydrogens (tertiary/aromatic N) is 1. The zero-order chi connectivity index (χ0) is 14.8. The van der Waals surface area contributed by atoms with Gasteiger partial charge in [-0.3, -0.25) is 0 Å². The van der Waals surface area contributed by atoms with Gasteiger partial charge in [-0.1, -0.05) is 19.1 Å². The maximum absolute atomic E-state index is 5.46. The van der Waals surface area contributed by atoms with E-state index in [9.17, 15) is 0 Å². The Kier molecular flexibility index (Phi) is 7.57. The Hall–Kier alpha value is -1.10. The molecular formula is C17H28N2O2. The fraction of sp³-hybridized carbons (Fsp3) is 0.647. The van der Waals surface area contributed by atoms with Crippen LogP contribution in [-0.4, -0.2) is 46.1 Å². The Morgan fingerprint density at radius 3 is 2.62 bits per heavy atom. The van der Waals surface area contributed by atoms with E-state index in [1.54, 1.807) is 0 Å². The molecule has 1 aromatic carbocycles. The van der Waals surface area contributed by atoms with Gasteiger partial charge in [-0.15, -0.1) is 0 Å². The van der Waals surface area contributed by atoms with Crippen LogP contribution < -0.4 is 10.2 Å².